The molecule has 0 saturated carbocycles. The lowest BCUT2D eigenvalue weighted by Gasteiger charge is -2.01. The van der Waals surface area contributed by atoms with Crippen molar-refractivity contribution < 1.29 is 14.3 Å². The van der Waals surface area contributed by atoms with E-state index in [9.17, 15) is 30.3 Å². The summed E-state index contributed by atoms with van der Waals surface area (Å²) in [6.45, 7) is 0. The summed E-state index contributed by atoms with van der Waals surface area (Å²) in [7, 11) is 0. The Morgan fingerprint density at radius 2 is 1.79 bits per heavy atom. The van der Waals surface area contributed by atoms with Crippen LogP contribution in [-0.4, -0.2) is 14.8 Å². The third-order valence-electron chi connectivity index (χ3n) is 4.52. The first-order valence-corrected chi connectivity index (χ1v) is 10.0. The summed E-state index contributed by atoms with van der Waals surface area (Å²) in [5, 5.41) is 36.4. The summed E-state index contributed by atoms with van der Waals surface area (Å²) in [4.78, 5) is 37.4. The van der Waals surface area contributed by atoms with E-state index >= 15 is 0 Å². The fourth-order valence-electron chi connectivity index (χ4n) is 2.90. The van der Waals surface area contributed by atoms with Crippen molar-refractivity contribution >= 4 is 44.9 Å². The van der Waals surface area contributed by atoms with Crippen LogP contribution in [0, 0.1) is 31.6 Å². The molecule has 2 heterocycles. The Hall–Kier alpha value is -4.89. The van der Waals surface area contributed by atoms with Gasteiger partial charge in [-0.15, -0.1) is 11.3 Å². The van der Waals surface area contributed by atoms with Crippen molar-refractivity contribution in [3.05, 3.63) is 95.8 Å². The van der Waals surface area contributed by atoms with Crippen molar-refractivity contribution in [1.29, 1.82) is 5.26 Å². The predicted molar refractivity (Wildman–Crippen MR) is 121 cm³/mol. The second kappa shape index (κ2) is 8.69. The molecule has 0 fully saturated rings. The molecule has 1 N–H and O–H groups in total. The number of nitriles is 1. The summed E-state index contributed by atoms with van der Waals surface area (Å²) in [5.41, 5.74) is 0.393. The lowest BCUT2D eigenvalue weighted by atomic mass is 10.1. The van der Waals surface area contributed by atoms with Gasteiger partial charge >= 0.3 is 5.63 Å². The topological polar surface area (TPSA) is 165 Å². The number of nitro groups is 2. The van der Waals surface area contributed by atoms with Gasteiger partial charge < -0.3 is 9.73 Å². The van der Waals surface area contributed by atoms with Gasteiger partial charge in [-0.2, -0.15) is 5.26 Å². The fourth-order valence-corrected chi connectivity index (χ4v) is 3.69. The normalized spacial score (nSPS) is 11.2. The maximum absolute atomic E-state index is 12.4. The Bertz CT molecular complexity index is 1530. The number of nitrogens with one attached hydrogen (secondary N) is 1. The molecule has 4 rings (SSSR count). The van der Waals surface area contributed by atoms with Crippen LogP contribution < -0.4 is 10.9 Å². The highest BCUT2D eigenvalue weighted by atomic mass is 32.1. The number of fused-ring (bicyclic) bond motifs is 1. The smallest absolute Gasteiger partial charge is 0.345 e. The minimum absolute atomic E-state index is 0.0610. The number of allylic oxidation sites excluding steroid dienone is 1. The molecule has 0 unspecified atom stereocenters. The summed E-state index contributed by atoms with van der Waals surface area (Å²) in [5.74, 6) is 0. The molecule has 0 aliphatic carbocycles. The van der Waals surface area contributed by atoms with Crippen molar-refractivity contribution in [2.75, 3.05) is 5.32 Å². The Labute approximate surface area is 188 Å². The third-order valence-corrected chi connectivity index (χ3v) is 5.39. The molecule has 162 valence electrons. The van der Waals surface area contributed by atoms with Gasteiger partial charge in [0.25, 0.3) is 11.4 Å². The van der Waals surface area contributed by atoms with Gasteiger partial charge in [-0.05, 0) is 24.3 Å². The molecule has 0 radical (unpaired) electrons. The van der Waals surface area contributed by atoms with E-state index in [2.05, 4.69) is 10.3 Å². The minimum Gasteiger partial charge on any atom is -0.422 e. The second-order valence-corrected chi connectivity index (χ2v) is 7.44. The molecule has 0 bridgehead atoms. The van der Waals surface area contributed by atoms with Crippen molar-refractivity contribution in [1.82, 2.24) is 4.98 Å². The van der Waals surface area contributed by atoms with Crippen LogP contribution >= 0.6 is 11.3 Å². The van der Waals surface area contributed by atoms with Crippen LogP contribution in [0.3, 0.4) is 0 Å². The molecule has 0 aliphatic rings. The second-order valence-electron chi connectivity index (χ2n) is 6.58. The molecule has 2 aromatic carbocycles. The molecule has 0 atom stereocenters. The van der Waals surface area contributed by atoms with E-state index in [1.54, 1.807) is 5.38 Å². The molecule has 0 saturated heterocycles. The molecule has 12 heteroatoms. The van der Waals surface area contributed by atoms with E-state index in [0.29, 0.717) is 16.1 Å². The SMILES string of the molecule is N#CC(=CNc1ccc([N+](=O)[O-])cc1)c1nc(-c2cc3cc([N+](=O)[O-])ccc3oc2=O)cs1. The lowest BCUT2D eigenvalue weighted by Crippen LogP contribution is -2.03. The zero-order valence-electron chi connectivity index (χ0n) is 16.4. The highest BCUT2D eigenvalue weighted by Crippen LogP contribution is 2.28. The van der Waals surface area contributed by atoms with E-state index in [1.807, 2.05) is 6.07 Å². The summed E-state index contributed by atoms with van der Waals surface area (Å²) in [6, 6.07) is 13.0. The quantitative estimate of drug-likeness (QED) is 0.185. The zero-order valence-corrected chi connectivity index (χ0v) is 17.2. The van der Waals surface area contributed by atoms with Gasteiger partial charge in [-0.1, -0.05) is 0 Å². The van der Waals surface area contributed by atoms with Gasteiger partial charge in [0.2, 0.25) is 0 Å². The molecule has 0 aliphatic heterocycles. The maximum Gasteiger partial charge on any atom is 0.345 e. The Morgan fingerprint density at radius 1 is 1.09 bits per heavy atom. The van der Waals surface area contributed by atoms with Crippen molar-refractivity contribution in [3.63, 3.8) is 0 Å². The Morgan fingerprint density at radius 3 is 2.45 bits per heavy atom. The summed E-state index contributed by atoms with van der Waals surface area (Å²) >= 11 is 1.12. The Kier molecular flexibility index (Phi) is 5.62. The molecule has 11 nitrogen and oxygen atoms in total. The molecule has 2 aromatic heterocycles. The first-order chi connectivity index (χ1) is 15.9. The molecular weight excluding hydrogens is 450 g/mol. The van der Waals surface area contributed by atoms with Crippen molar-refractivity contribution in [3.8, 4) is 17.3 Å². The Balaban J connectivity index is 1.63. The number of aromatic nitrogens is 1. The number of thiazole rings is 1. The first kappa shape index (κ1) is 21.3. The number of nitrogens with zero attached hydrogens (tertiary/aromatic N) is 4. The predicted octanol–water partition coefficient (Wildman–Crippen LogP) is 4.71. The summed E-state index contributed by atoms with van der Waals surface area (Å²) < 4.78 is 5.26. The molecular formula is C21H11N5O6S. The van der Waals surface area contributed by atoms with E-state index in [-0.39, 0.29) is 33.8 Å². The fraction of sp³-hybridized carbons (Fsp3) is 0. The van der Waals surface area contributed by atoms with Crippen LogP contribution in [-0.2, 0) is 0 Å². The van der Waals surface area contributed by atoms with E-state index in [1.165, 1.54) is 54.7 Å². The average Bonchev–Trinajstić information content (AvgIpc) is 3.28. The van der Waals surface area contributed by atoms with Gasteiger partial charge in [-0.25, -0.2) is 9.78 Å². The van der Waals surface area contributed by atoms with Gasteiger partial charge in [0.1, 0.15) is 22.2 Å². The number of nitro benzene ring substituents is 2. The first-order valence-electron chi connectivity index (χ1n) is 9.15. The number of non-ortho nitro benzene ring substituents is 2. The van der Waals surface area contributed by atoms with E-state index < -0.39 is 15.5 Å². The van der Waals surface area contributed by atoms with Crippen LogP contribution in [0.15, 0.2) is 69.3 Å². The van der Waals surface area contributed by atoms with Crippen LogP contribution in [0.1, 0.15) is 5.01 Å². The highest BCUT2D eigenvalue weighted by molar-refractivity contribution is 7.11. The molecule has 0 amide bonds. The van der Waals surface area contributed by atoms with Gasteiger partial charge in [0, 0.05) is 46.9 Å². The standard InChI is InChI=1S/C21H11N5O6S/c22-9-13(10-23-14-1-3-15(4-2-14)25(28)29)20-24-18(11-33-20)17-8-12-7-16(26(30)31)5-6-19(12)32-21(17)27/h1-8,10-11,23H. The van der Waals surface area contributed by atoms with Crippen LogP contribution in [0.2, 0.25) is 0 Å². The van der Waals surface area contributed by atoms with Gasteiger partial charge in [0.05, 0.1) is 21.1 Å². The minimum atomic E-state index is -0.667. The van der Waals surface area contributed by atoms with Crippen molar-refractivity contribution in [2.24, 2.45) is 0 Å². The van der Waals surface area contributed by atoms with E-state index in [4.69, 9.17) is 4.42 Å². The average molecular weight is 461 g/mol. The highest BCUT2D eigenvalue weighted by Gasteiger charge is 2.15. The lowest BCUT2D eigenvalue weighted by molar-refractivity contribution is -0.385. The van der Waals surface area contributed by atoms with Crippen LogP contribution in [0.4, 0.5) is 17.1 Å². The summed E-state index contributed by atoms with van der Waals surface area (Å²) in [6.07, 6.45) is 1.40. The van der Waals surface area contributed by atoms with Crippen LogP contribution in [0.5, 0.6) is 0 Å². The molecule has 33 heavy (non-hydrogen) atoms. The molecule has 4 aromatic rings. The van der Waals surface area contributed by atoms with Crippen LogP contribution in [0.25, 0.3) is 27.8 Å². The number of anilines is 1. The third kappa shape index (κ3) is 4.43. The monoisotopic (exact) mass is 461 g/mol. The van der Waals surface area contributed by atoms with Crippen molar-refractivity contribution in [2.45, 2.75) is 0 Å². The number of rotatable bonds is 6. The maximum atomic E-state index is 12.4. The molecule has 0 spiro atoms. The largest absolute Gasteiger partial charge is 0.422 e. The van der Waals surface area contributed by atoms with Gasteiger partial charge in [0.15, 0.2) is 0 Å². The number of hydrogen-bond donors (Lipinski definition) is 1. The number of benzene rings is 2. The number of hydrogen-bond acceptors (Lipinski definition) is 10. The zero-order chi connectivity index (χ0) is 23.5. The van der Waals surface area contributed by atoms with Gasteiger partial charge in [-0.3, -0.25) is 20.2 Å². The van der Waals surface area contributed by atoms with E-state index in [0.717, 1.165) is 11.3 Å².